The monoisotopic (exact) mass is 325 g/mol. The van der Waals surface area contributed by atoms with Crippen molar-refractivity contribution in [3.05, 3.63) is 66.0 Å². The molecule has 5 heteroatoms. The first-order chi connectivity index (χ1) is 11.8. The number of amides is 2. The maximum absolute atomic E-state index is 12.2. The summed E-state index contributed by atoms with van der Waals surface area (Å²) < 4.78 is 5.52. The molecule has 126 valence electrons. The first-order valence-electron chi connectivity index (χ1n) is 8.32. The molecule has 0 unspecified atom stereocenters. The Kier molecular flexibility index (Phi) is 5.43. The van der Waals surface area contributed by atoms with Crippen LogP contribution in [0, 0.1) is 0 Å². The Labute approximate surface area is 142 Å². The highest BCUT2D eigenvalue weighted by Gasteiger charge is 2.34. The van der Waals surface area contributed by atoms with Crippen molar-refractivity contribution in [2.75, 3.05) is 19.8 Å². The van der Waals surface area contributed by atoms with E-state index in [-0.39, 0.29) is 11.4 Å². The quantitative estimate of drug-likeness (QED) is 0.888. The van der Waals surface area contributed by atoms with Crippen LogP contribution >= 0.6 is 0 Å². The van der Waals surface area contributed by atoms with Crippen LogP contribution in [0.5, 0.6) is 0 Å². The van der Waals surface area contributed by atoms with Crippen LogP contribution in [0.15, 0.2) is 54.9 Å². The van der Waals surface area contributed by atoms with E-state index in [1.165, 1.54) is 5.56 Å². The highest BCUT2D eigenvalue weighted by atomic mass is 16.5. The molecule has 1 aliphatic heterocycles. The summed E-state index contributed by atoms with van der Waals surface area (Å²) in [6.45, 7) is 2.54. The number of pyridine rings is 1. The number of carbonyl (C=O) groups is 1. The third kappa shape index (κ3) is 4.11. The number of nitrogens with zero attached hydrogens (tertiary/aromatic N) is 1. The Hall–Kier alpha value is -2.40. The molecule has 2 aromatic rings. The molecular weight excluding hydrogens is 302 g/mol. The third-order valence-electron chi connectivity index (χ3n) is 4.60. The summed E-state index contributed by atoms with van der Waals surface area (Å²) in [5.74, 6) is 0. The molecule has 1 aliphatic rings. The van der Waals surface area contributed by atoms with E-state index < -0.39 is 0 Å². The van der Waals surface area contributed by atoms with Gasteiger partial charge < -0.3 is 15.4 Å². The summed E-state index contributed by atoms with van der Waals surface area (Å²) in [5.41, 5.74) is 2.20. The van der Waals surface area contributed by atoms with E-state index in [1.807, 2.05) is 18.2 Å². The van der Waals surface area contributed by atoms with E-state index in [2.05, 4.69) is 39.9 Å². The summed E-state index contributed by atoms with van der Waals surface area (Å²) >= 11 is 0. The highest BCUT2D eigenvalue weighted by molar-refractivity contribution is 5.74. The number of nitrogens with one attached hydrogen (secondary N) is 2. The zero-order chi connectivity index (χ0) is 16.7. The fourth-order valence-corrected chi connectivity index (χ4v) is 3.12. The maximum Gasteiger partial charge on any atom is 0.315 e. The van der Waals surface area contributed by atoms with Gasteiger partial charge in [-0.2, -0.15) is 0 Å². The minimum atomic E-state index is -0.152. The van der Waals surface area contributed by atoms with Crippen molar-refractivity contribution in [2.45, 2.75) is 24.8 Å². The molecule has 0 atom stereocenters. The van der Waals surface area contributed by atoms with E-state index in [4.69, 9.17) is 4.74 Å². The lowest BCUT2D eigenvalue weighted by molar-refractivity contribution is 0.0507. The largest absolute Gasteiger partial charge is 0.381 e. The van der Waals surface area contributed by atoms with Gasteiger partial charge in [0.25, 0.3) is 0 Å². The highest BCUT2D eigenvalue weighted by Crippen LogP contribution is 2.34. The SMILES string of the molecule is O=C(NCc1cccnc1)NCC1(c2ccccc2)CCOCC1. The standard InChI is InChI=1S/C19H23N3O2/c23-18(21-14-16-5-4-10-20-13-16)22-15-19(8-11-24-12-9-19)17-6-2-1-3-7-17/h1-7,10,13H,8-9,11-12,14-15H2,(H2,21,22,23). The average Bonchev–Trinajstić information content (AvgIpc) is 2.67. The summed E-state index contributed by atoms with van der Waals surface area (Å²) in [6, 6.07) is 14.1. The zero-order valence-electron chi connectivity index (χ0n) is 13.7. The van der Waals surface area contributed by atoms with Crippen LogP contribution in [-0.2, 0) is 16.7 Å². The van der Waals surface area contributed by atoms with Gasteiger partial charge >= 0.3 is 6.03 Å². The summed E-state index contributed by atoms with van der Waals surface area (Å²) in [5, 5.41) is 5.92. The zero-order valence-corrected chi connectivity index (χ0v) is 13.7. The van der Waals surface area contributed by atoms with Crippen LogP contribution in [0.25, 0.3) is 0 Å². The van der Waals surface area contributed by atoms with Gasteiger partial charge in [0.05, 0.1) is 0 Å². The van der Waals surface area contributed by atoms with Gasteiger partial charge in [0, 0.05) is 44.1 Å². The van der Waals surface area contributed by atoms with Gasteiger partial charge in [-0.05, 0) is 30.0 Å². The number of urea groups is 1. The second-order valence-electron chi connectivity index (χ2n) is 6.16. The number of ether oxygens (including phenoxy) is 1. The lowest BCUT2D eigenvalue weighted by Crippen LogP contribution is -2.47. The van der Waals surface area contributed by atoms with Gasteiger partial charge in [0.2, 0.25) is 0 Å². The van der Waals surface area contributed by atoms with Crippen LogP contribution in [0.4, 0.5) is 4.79 Å². The number of rotatable bonds is 5. The number of hydrogen-bond donors (Lipinski definition) is 2. The third-order valence-corrected chi connectivity index (χ3v) is 4.60. The Morgan fingerprint density at radius 1 is 1.08 bits per heavy atom. The van der Waals surface area contributed by atoms with E-state index in [9.17, 15) is 4.79 Å². The summed E-state index contributed by atoms with van der Waals surface area (Å²) in [7, 11) is 0. The van der Waals surface area contributed by atoms with Crippen molar-refractivity contribution in [1.82, 2.24) is 15.6 Å². The predicted molar refractivity (Wildman–Crippen MR) is 92.6 cm³/mol. The van der Waals surface area contributed by atoms with Crippen LogP contribution < -0.4 is 10.6 Å². The van der Waals surface area contributed by atoms with Gasteiger partial charge in [0.1, 0.15) is 0 Å². The molecule has 2 amide bonds. The molecule has 5 nitrogen and oxygen atoms in total. The number of carbonyl (C=O) groups excluding carboxylic acids is 1. The number of aromatic nitrogens is 1. The molecule has 2 N–H and O–H groups in total. The van der Waals surface area contributed by atoms with Crippen molar-refractivity contribution in [2.24, 2.45) is 0 Å². The van der Waals surface area contributed by atoms with Crippen molar-refractivity contribution in [3.8, 4) is 0 Å². The molecule has 0 saturated carbocycles. The first-order valence-corrected chi connectivity index (χ1v) is 8.32. The van der Waals surface area contributed by atoms with E-state index in [1.54, 1.807) is 12.4 Å². The summed E-state index contributed by atoms with van der Waals surface area (Å²) in [4.78, 5) is 16.2. The summed E-state index contributed by atoms with van der Waals surface area (Å²) in [6.07, 6.45) is 5.31. The van der Waals surface area contributed by atoms with Gasteiger partial charge in [-0.15, -0.1) is 0 Å². The Bertz CT molecular complexity index is 640. The molecule has 1 fully saturated rings. The fourth-order valence-electron chi connectivity index (χ4n) is 3.12. The van der Waals surface area contributed by atoms with Crippen LogP contribution in [0.3, 0.4) is 0 Å². The molecular formula is C19H23N3O2. The van der Waals surface area contributed by atoms with Crippen molar-refractivity contribution in [3.63, 3.8) is 0 Å². The molecule has 2 heterocycles. The Balaban J connectivity index is 1.58. The van der Waals surface area contributed by atoms with Gasteiger partial charge in [-0.1, -0.05) is 36.4 Å². The average molecular weight is 325 g/mol. The smallest absolute Gasteiger partial charge is 0.315 e. The lowest BCUT2D eigenvalue weighted by atomic mass is 9.74. The Morgan fingerprint density at radius 2 is 1.88 bits per heavy atom. The minimum Gasteiger partial charge on any atom is -0.381 e. The van der Waals surface area contributed by atoms with E-state index in [0.29, 0.717) is 13.1 Å². The molecule has 24 heavy (non-hydrogen) atoms. The second kappa shape index (κ2) is 7.93. The molecule has 0 spiro atoms. The number of benzene rings is 1. The molecule has 1 saturated heterocycles. The van der Waals surface area contributed by atoms with Crippen LogP contribution in [-0.4, -0.2) is 30.8 Å². The number of hydrogen-bond acceptors (Lipinski definition) is 3. The van der Waals surface area contributed by atoms with Crippen molar-refractivity contribution >= 4 is 6.03 Å². The molecule has 3 rings (SSSR count). The van der Waals surface area contributed by atoms with E-state index >= 15 is 0 Å². The molecule has 1 aromatic carbocycles. The first kappa shape index (κ1) is 16.5. The topological polar surface area (TPSA) is 63.2 Å². The molecule has 0 radical (unpaired) electrons. The minimum absolute atomic E-state index is 0.0504. The normalized spacial score (nSPS) is 16.3. The second-order valence-corrected chi connectivity index (χ2v) is 6.16. The van der Waals surface area contributed by atoms with Crippen molar-refractivity contribution in [1.29, 1.82) is 0 Å². The Morgan fingerprint density at radius 3 is 2.58 bits per heavy atom. The molecule has 0 bridgehead atoms. The van der Waals surface area contributed by atoms with Gasteiger partial charge in [-0.25, -0.2) is 4.79 Å². The molecule has 1 aromatic heterocycles. The van der Waals surface area contributed by atoms with Gasteiger partial charge in [-0.3, -0.25) is 4.98 Å². The fraction of sp³-hybridized carbons (Fsp3) is 0.368. The van der Waals surface area contributed by atoms with Gasteiger partial charge in [0.15, 0.2) is 0 Å². The van der Waals surface area contributed by atoms with Crippen LogP contribution in [0.2, 0.25) is 0 Å². The lowest BCUT2D eigenvalue weighted by Gasteiger charge is -2.38. The molecule has 0 aliphatic carbocycles. The maximum atomic E-state index is 12.2. The van der Waals surface area contributed by atoms with Crippen LogP contribution in [0.1, 0.15) is 24.0 Å². The van der Waals surface area contributed by atoms with Crippen molar-refractivity contribution < 1.29 is 9.53 Å². The predicted octanol–water partition coefficient (Wildman–Crippen LogP) is 2.63. The van der Waals surface area contributed by atoms with E-state index in [0.717, 1.165) is 31.6 Å².